The molecule has 3 aromatic rings. The van der Waals surface area contributed by atoms with Gasteiger partial charge < -0.3 is 9.47 Å². The van der Waals surface area contributed by atoms with Crippen molar-refractivity contribution in [2.75, 3.05) is 13.7 Å². The summed E-state index contributed by atoms with van der Waals surface area (Å²) in [5, 5.41) is 6.76. The summed E-state index contributed by atoms with van der Waals surface area (Å²) >= 11 is 1.46. The predicted octanol–water partition coefficient (Wildman–Crippen LogP) is 4.69. The minimum atomic E-state index is -0.215. The van der Waals surface area contributed by atoms with E-state index in [0.717, 1.165) is 34.7 Å². The first-order chi connectivity index (χ1) is 14.7. The van der Waals surface area contributed by atoms with E-state index in [4.69, 9.17) is 9.47 Å². The van der Waals surface area contributed by atoms with Gasteiger partial charge >= 0.3 is 0 Å². The Morgan fingerprint density at radius 2 is 2.03 bits per heavy atom. The summed E-state index contributed by atoms with van der Waals surface area (Å²) in [5.74, 6) is 1.12. The topological polar surface area (TPSA) is 72.8 Å². The van der Waals surface area contributed by atoms with Crippen molar-refractivity contribution in [1.82, 2.24) is 10.4 Å². The van der Waals surface area contributed by atoms with Crippen LogP contribution in [0.25, 0.3) is 11.3 Å². The van der Waals surface area contributed by atoms with Crippen molar-refractivity contribution < 1.29 is 14.3 Å². The highest BCUT2D eigenvalue weighted by atomic mass is 32.1. The van der Waals surface area contributed by atoms with E-state index < -0.39 is 0 Å². The van der Waals surface area contributed by atoms with Crippen molar-refractivity contribution in [3.63, 3.8) is 0 Å². The average molecular weight is 424 g/mol. The van der Waals surface area contributed by atoms with Crippen LogP contribution in [-0.2, 0) is 11.2 Å². The number of aromatic nitrogens is 1. The SMILES string of the molecule is CCCCOc1cc(/C=N\NC(=O)Cc2nc(-c3ccccc3)cs2)ccc1OC. The van der Waals surface area contributed by atoms with E-state index in [-0.39, 0.29) is 12.3 Å². The van der Waals surface area contributed by atoms with Crippen LogP contribution >= 0.6 is 11.3 Å². The van der Waals surface area contributed by atoms with Crippen LogP contribution in [0.2, 0.25) is 0 Å². The molecule has 0 unspecified atom stereocenters. The van der Waals surface area contributed by atoms with Crippen molar-refractivity contribution in [3.05, 3.63) is 64.5 Å². The number of benzene rings is 2. The minimum absolute atomic E-state index is 0.183. The molecule has 156 valence electrons. The fraction of sp³-hybridized carbons (Fsp3) is 0.261. The third-order valence-corrected chi connectivity index (χ3v) is 5.13. The molecule has 0 aliphatic heterocycles. The Morgan fingerprint density at radius 1 is 1.20 bits per heavy atom. The number of nitrogens with zero attached hydrogens (tertiary/aromatic N) is 2. The summed E-state index contributed by atoms with van der Waals surface area (Å²) in [4.78, 5) is 16.7. The van der Waals surface area contributed by atoms with E-state index in [2.05, 4.69) is 22.4 Å². The van der Waals surface area contributed by atoms with Gasteiger partial charge in [-0.05, 0) is 30.2 Å². The molecule has 0 saturated heterocycles. The number of thiazole rings is 1. The molecular weight excluding hydrogens is 398 g/mol. The zero-order chi connectivity index (χ0) is 21.2. The molecule has 0 fully saturated rings. The Hall–Kier alpha value is -3.19. The number of nitrogens with one attached hydrogen (secondary N) is 1. The van der Waals surface area contributed by atoms with Crippen LogP contribution in [0, 0.1) is 0 Å². The smallest absolute Gasteiger partial charge is 0.246 e. The molecule has 0 bridgehead atoms. The fourth-order valence-corrected chi connectivity index (χ4v) is 3.50. The van der Waals surface area contributed by atoms with Crippen molar-refractivity contribution in [2.45, 2.75) is 26.2 Å². The maximum absolute atomic E-state index is 12.2. The van der Waals surface area contributed by atoms with Crippen LogP contribution in [0.1, 0.15) is 30.3 Å². The Labute approximate surface area is 180 Å². The van der Waals surface area contributed by atoms with Gasteiger partial charge in [0.15, 0.2) is 11.5 Å². The lowest BCUT2D eigenvalue weighted by molar-refractivity contribution is -0.120. The molecule has 1 N–H and O–H groups in total. The van der Waals surface area contributed by atoms with Gasteiger partial charge in [0, 0.05) is 10.9 Å². The molecule has 0 aliphatic rings. The lowest BCUT2D eigenvalue weighted by Crippen LogP contribution is -2.19. The number of hydrogen-bond donors (Lipinski definition) is 1. The Balaban J connectivity index is 1.55. The minimum Gasteiger partial charge on any atom is -0.493 e. The van der Waals surface area contributed by atoms with Crippen molar-refractivity contribution in [1.29, 1.82) is 0 Å². The van der Waals surface area contributed by atoms with Crippen molar-refractivity contribution in [3.8, 4) is 22.8 Å². The van der Waals surface area contributed by atoms with Crippen LogP contribution in [0.4, 0.5) is 0 Å². The van der Waals surface area contributed by atoms with Crippen LogP contribution in [0.5, 0.6) is 11.5 Å². The molecule has 7 heteroatoms. The number of hydrogen-bond acceptors (Lipinski definition) is 6. The largest absolute Gasteiger partial charge is 0.493 e. The molecule has 0 saturated carbocycles. The summed E-state index contributed by atoms with van der Waals surface area (Å²) in [6, 6.07) is 15.4. The van der Waals surface area contributed by atoms with Gasteiger partial charge in [-0.3, -0.25) is 4.79 Å². The van der Waals surface area contributed by atoms with E-state index in [1.165, 1.54) is 11.3 Å². The van der Waals surface area contributed by atoms with Crippen LogP contribution in [0.15, 0.2) is 59.0 Å². The highest BCUT2D eigenvalue weighted by Crippen LogP contribution is 2.27. The number of methoxy groups -OCH3 is 1. The molecule has 3 rings (SSSR count). The lowest BCUT2D eigenvalue weighted by Gasteiger charge is -2.10. The highest BCUT2D eigenvalue weighted by Gasteiger charge is 2.09. The summed E-state index contributed by atoms with van der Waals surface area (Å²) in [6.45, 7) is 2.74. The molecule has 30 heavy (non-hydrogen) atoms. The molecule has 0 spiro atoms. The number of amides is 1. The monoisotopic (exact) mass is 423 g/mol. The van der Waals surface area contributed by atoms with E-state index in [1.54, 1.807) is 13.3 Å². The van der Waals surface area contributed by atoms with Crippen molar-refractivity contribution >= 4 is 23.5 Å². The summed E-state index contributed by atoms with van der Waals surface area (Å²) in [7, 11) is 1.61. The number of unbranched alkanes of at least 4 members (excludes halogenated alkanes) is 1. The lowest BCUT2D eigenvalue weighted by atomic mass is 10.2. The molecule has 0 aliphatic carbocycles. The van der Waals surface area contributed by atoms with Crippen LogP contribution < -0.4 is 14.9 Å². The first-order valence-corrected chi connectivity index (χ1v) is 10.7. The maximum atomic E-state index is 12.2. The number of carbonyl (C=O) groups excluding carboxylic acids is 1. The van der Waals surface area contributed by atoms with Gasteiger partial charge in [0.05, 0.1) is 32.0 Å². The number of carbonyl (C=O) groups is 1. The quantitative estimate of drug-likeness (QED) is 0.292. The van der Waals surface area contributed by atoms with Gasteiger partial charge in [0.1, 0.15) is 5.01 Å². The second-order valence-electron chi connectivity index (χ2n) is 6.57. The van der Waals surface area contributed by atoms with Gasteiger partial charge in [-0.1, -0.05) is 43.7 Å². The highest BCUT2D eigenvalue weighted by molar-refractivity contribution is 7.10. The van der Waals surface area contributed by atoms with Gasteiger partial charge in [-0.2, -0.15) is 5.10 Å². The van der Waals surface area contributed by atoms with Gasteiger partial charge in [-0.15, -0.1) is 11.3 Å². The first kappa shape index (κ1) is 21.5. The summed E-state index contributed by atoms with van der Waals surface area (Å²) in [6.07, 6.45) is 3.80. The standard InChI is InChI=1S/C23H25N3O3S/c1-3-4-12-29-21-13-17(10-11-20(21)28-2)15-24-26-22(27)14-23-25-19(16-30-23)18-8-6-5-7-9-18/h5-11,13,15-16H,3-4,12,14H2,1-2H3,(H,26,27)/b24-15-. The van der Waals surface area contributed by atoms with Crippen LogP contribution in [-0.4, -0.2) is 30.8 Å². The van der Waals surface area contributed by atoms with Gasteiger partial charge in [0.25, 0.3) is 0 Å². The zero-order valence-corrected chi connectivity index (χ0v) is 17.9. The number of ether oxygens (including phenoxy) is 2. The predicted molar refractivity (Wildman–Crippen MR) is 120 cm³/mol. The first-order valence-electron chi connectivity index (χ1n) is 9.82. The number of rotatable bonds is 10. The molecular formula is C23H25N3O3S. The molecule has 1 aromatic heterocycles. The molecule has 1 heterocycles. The van der Waals surface area contributed by atoms with E-state index in [1.807, 2.05) is 53.9 Å². The van der Waals surface area contributed by atoms with E-state index in [0.29, 0.717) is 18.1 Å². The molecule has 0 radical (unpaired) electrons. The molecule has 1 amide bonds. The zero-order valence-electron chi connectivity index (χ0n) is 17.1. The second kappa shape index (κ2) is 11.1. The van der Waals surface area contributed by atoms with E-state index >= 15 is 0 Å². The Bertz CT molecular complexity index is 986. The fourth-order valence-electron chi connectivity index (χ4n) is 2.70. The number of hydrazone groups is 1. The van der Waals surface area contributed by atoms with E-state index in [9.17, 15) is 4.79 Å². The Kier molecular flexibility index (Phi) is 7.97. The maximum Gasteiger partial charge on any atom is 0.246 e. The average Bonchev–Trinajstić information content (AvgIpc) is 3.23. The third-order valence-electron chi connectivity index (χ3n) is 4.28. The summed E-state index contributed by atoms with van der Waals surface area (Å²) in [5.41, 5.74) is 5.28. The normalized spacial score (nSPS) is 10.9. The Morgan fingerprint density at radius 3 is 2.80 bits per heavy atom. The second-order valence-corrected chi connectivity index (χ2v) is 7.52. The molecule has 2 aromatic carbocycles. The van der Waals surface area contributed by atoms with Gasteiger partial charge in [0.2, 0.25) is 5.91 Å². The van der Waals surface area contributed by atoms with Gasteiger partial charge in [-0.25, -0.2) is 10.4 Å². The molecule has 6 nitrogen and oxygen atoms in total. The molecule has 0 atom stereocenters. The third kappa shape index (κ3) is 6.15. The summed E-state index contributed by atoms with van der Waals surface area (Å²) < 4.78 is 11.1. The van der Waals surface area contributed by atoms with Crippen molar-refractivity contribution in [2.24, 2.45) is 5.10 Å². The van der Waals surface area contributed by atoms with Crippen LogP contribution in [0.3, 0.4) is 0 Å².